The lowest BCUT2D eigenvalue weighted by atomic mass is 10.00. The summed E-state index contributed by atoms with van der Waals surface area (Å²) < 4.78 is 0. The van der Waals surface area contributed by atoms with Gasteiger partial charge in [-0.1, -0.05) is 54.6 Å². The molecule has 1 saturated carbocycles. The van der Waals surface area contributed by atoms with Crippen LogP contribution in [0.1, 0.15) is 31.7 Å². The van der Waals surface area contributed by atoms with Crippen LogP contribution in [0.25, 0.3) is 11.1 Å². The summed E-state index contributed by atoms with van der Waals surface area (Å²) in [7, 11) is 0. The average molecular weight is 479 g/mol. The maximum atomic E-state index is 13.1. The van der Waals surface area contributed by atoms with E-state index in [1.807, 2.05) is 54.6 Å². The zero-order valence-electron chi connectivity index (χ0n) is 19.6. The molecule has 2 fully saturated rings. The minimum Gasteiger partial charge on any atom is -0.391 e. The van der Waals surface area contributed by atoms with Crippen LogP contribution >= 0.6 is 0 Å². The predicted octanol–water partition coefficient (Wildman–Crippen LogP) is 0.497. The van der Waals surface area contributed by atoms with Crippen LogP contribution in [0.2, 0.25) is 0 Å². The highest BCUT2D eigenvalue weighted by Crippen LogP contribution is 2.39. The van der Waals surface area contributed by atoms with E-state index in [1.54, 1.807) is 0 Å². The van der Waals surface area contributed by atoms with Crippen molar-refractivity contribution in [1.29, 1.82) is 0 Å². The zero-order valence-corrected chi connectivity index (χ0v) is 19.6. The van der Waals surface area contributed by atoms with E-state index in [0.29, 0.717) is 12.8 Å². The van der Waals surface area contributed by atoms with Crippen LogP contribution in [0, 0.1) is 0 Å². The maximum absolute atomic E-state index is 13.1. The zero-order chi connectivity index (χ0) is 25.2. The Hall–Kier alpha value is -3.72. The average Bonchev–Trinajstić information content (AvgIpc) is 3.50. The number of nitrogens with one attached hydrogen (secondary N) is 2. The number of aliphatic hydroxyl groups excluding tert-OH is 1. The van der Waals surface area contributed by atoms with Crippen molar-refractivity contribution in [3.8, 4) is 11.1 Å². The number of nitrogens with zero attached hydrogens (tertiary/aromatic N) is 1. The van der Waals surface area contributed by atoms with E-state index >= 15 is 0 Å². The molecule has 9 nitrogen and oxygen atoms in total. The van der Waals surface area contributed by atoms with Crippen molar-refractivity contribution in [1.82, 2.24) is 15.5 Å². The summed E-state index contributed by atoms with van der Waals surface area (Å²) in [4.78, 5) is 51.2. The van der Waals surface area contributed by atoms with E-state index in [9.17, 15) is 24.3 Å². The van der Waals surface area contributed by atoms with Gasteiger partial charge >= 0.3 is 0 Å². The molecule has 0 unspecified atom stereocenters. The second-order valence-electron chi connectivity index (χ2n) is 9.36. The van der Waals surface area contributed by atoms with Gasteiger partial charge in [0.05, 0.1) is 6.10 Å². The third-order valence-corrected chi connectivity index (χ3v) is 6.58. The fourth-order valence-corrected chi connectivity index (χ4v) is 4.61. The fraction of sp³-hybridized carbons (Fsp3) is 0.385. The van der Waals surface area contributed by atoms with Gasteiger partial charge in [0.15, 0.2) is 0 Å². The van der Waals surface area contributed by atoms with Crippen LogP contribution in [0.3, 0.4) is 0 Å². The second-order valence-corrected chi connectivity index (χ2v) is 9.36. The molecule has 184 valence electrons. The van der Waals surface area contributed by atoms with Crippen molar-refractivity contribution < 1.29 is 24.3 Å². The second kappa shape index (κ2) is 9.87. The molecular formula is C26H30N4O5. The molecule has 0 spiro atoms. The normalized spacial score (nSPS) is 21.1. The van der Waals surface area contributed by atoms with Crippen molar-refractivity contribution in [3.05, 3.63) is 60.2 Å². The lowest BCUT2D eigenvalue weighted by Crippen LogP contribution is -2.57. The molecule has 0 aromatic heterocycles. The first-order valence-electron chi connectivity index (χ1n) is 11.7. The monoisotopic (exact) mass is 478 g/mol. The maximum Gasteiger partial charge on any atom is 0.249 e. The largest absolute Gasteiger partial charge is 0.391 e. The van der Waals surface area contributed by atoms with E-state index in [-0.39, 0.29) is 25.3 Å². The van der Waals surface area contributed by atoms with Crippen LogP contribution in [-0.4, -0.2) is 63.9 Å². The summed E-state index contributed by atoms with van der Waals surface area (Å²) in [5.74, 6) is -1.97. The third kappa shape index (κ3) is 5.51. The fourth-order valence-electron chi connectivity index (χ4n) is 4.61. The summed E-state index contributed by atoms with van der Waals surface area (Å²) in [5.41, 5.74) is 7.47. The number of hydrogen-bond donors (Lipinski definition) is 4. The summed E-state index contributed by atoms with van der Waals surface area (Å²) in [6, 6.07) is 15.6. The van der Waals surface area contributed by atoms with Gasteiger partial charge in [-0.25, -0.2) is 0 Å². The van der Waals surface area contributed by atoms with E-state index in [1.165, 1.54) is 11.8 Å². The molecule has 0 bridgehead atoms. The number of carbonyl (C=O) groups excluding carboxylic acids is 4. The van der Waals surface area contributed by atoms with Gasteiger partial charge in [0.1, 0.15) is 17.6 Å². The summed E-state index contributed by atoms with van der Waals surface area (Å²) >= 11 is 0. The molecule has 1 aliphatic carbocycles. The standard InChI is InChI=1S/C26H30N4O5/c1-16(31)29-26(11-12-26)25(35)30-15-20(32)14-22(30)24(34)28-21(23(27)33)13-17-7-9-19(10-8-17)18-5-3-2-4-6-18/h2-10,20-22,32H,11-15H2,1H3,(H2,27,33)(H,28,34)(H,29,31)/t20-,21-,22+/m1/s1. The first-order valence-corrected chi connectivity index (χ1v) is 11.7. The highest BCUT2D eigenvalue weighted by atomic mass is 16.3. The van der Waals surface area contributed by atoms with Crippen molar-refractivity contribution in [2.75, 3.05) is 6.54 Å². The van der Waals surface area contributed by atoms with E-state index < -0.39 is 41.4 Å². The molecule has 35 heavy (non-hydrogen) atoms. The number of β-amino-alcohol motifs (C(OH)–C–C–N with tert-alkyl or cyclic N) is 1. The van der Waals surface area contributed by atoms with Gasteiger partial charge in [0.25, 0.3) is 0 Å². The van der Waals surface area contributed by atoms with E-state index in [4.69, 9.17) is 5.73 Å². The molecule has 9 heteroatoms. The number of benzene rings is 2. The Bertz CT molecular complexity index is 1110. The lowest BCUT2D eigenvalue weighted by molar-refractivity contribution is -0.142. The van der Waals surface area contributed by atoms with Gasteiger partial charge in [0.2, 0.25) is 23.6 Å². The molecule has 1 aliphatic heterocycles. The Labute approximate surface area is 203 Å². The number of amides is 4. The van der Waals surface area contributed by atoms with Gasteiger partial charge in [-0.15, -0.1) is 0 Å². The molecule has 5 N–H and O–H groups in total. The molecule has 4 rings (SSSR count). The molecule has 4 amide bonds. The van der Waals surface area contributed by atoms with Gasteiger partial charge in [-0.2, -0.15) is 0 Å². The Morgan fingerprint density at radius 2 is 1.69 bits per heavy atom. The molecule has 2 aromatic rings. The molecule has 2 aliphatic rings. The molecule has 0 radical (unpaired) electrons. The SMILES string of the molecule is CC(=O)NC1(C(=O)N2C[C@H](O)C[C@H]2C(=O)N[C@H](Cc2ccc(-c3ccccc3)cc2)C(N)=O)CC1. The Balaban J connectivity index is 1.44. The van der Waals surface area contributed by atoms with Crippen molar-refractivity contribution in [3.63, 3.8) is 0 Å². The predicted molar refractivity (Wildman–Crippen MR) is 129 cm³/mol. The first kappa shape index (κ1) is 24.4. The van der Waals surface area contributed by atoms with Gasteiger partial charge in [-0.3, -0.25) is 19.2 Å². The molecule has 1 heterocycles. The Kier molecular flexibility index (Phi) is 6.88. The highest BCUT2D eigenvalue weighted by Gasteiger charge is 2.55. The van der Waals surface area contributed by atoms with Gasteiger partial charge in [-0.05, 0) is 29.5 Å². The van der Waals surface area contributed by atoms with Crippen molar-refractivity contribution in [2.45, 2.75) is 56.3 Å². The molecule has 3 atom stereocenters. The summed E-state index contributed by atoms with van der Waals surface area (Å²) in [5, 5.41) is 15.5. The number of primary amides is 1. The van der Waals surface area contributed by atoms with Crippen LogP contribution in [0.15, 0.2) is 54.6 Å². The summed E-state index contributed by atoms with van der Waals surface area (Å²) in [6.45, 7) is 1.32. The lowest BCUT2D eigenvalue weighted by Gasteiger charge is -2.29. The smallest absolute Gasteiger partial charge is 0.249 e. The van der Waals surface area contributed by atoms with Gasteiger partial charge < -0.3 is 26.4 Å². The minimum absolute atomic E-state index is 0.0135. The number of rotatable bonds is 8. The molecule has 2 aromatic carbocycles. The molecule has 1 saturated heterocycles. The van der Waals surface area contributed by atoms with E-state index in [0.717, 1.165) is 16.7 Å². The van der Waals surface area contributed by atoms with Crippen LogP contribution in [0.4, 0.5) is 0 Å². The third-order valence-electron chi connectivity index (χ3n) is 6.58. The topological polar surface area (TPSA) is 142 Å². The van der Waals surface area contributed by atoms with Crippen LogP contribution < -0.4 is 16.4 Å². The number of carbonyl (C=O) groups is 4. The highest BCUT2D eigenvalue weighted by molar-refractivity contribution is 5.98. The van der Waals surface area contributed by atoms with E-state index in [2.05, 4.69) is 10.6 Å². The van der Waals surface area contributed by atoms with Gasteiger partial charge in [0, 0.05) is 26.3 Å². The number of likely N-dealkylation sites (tertiary alicyclic amines) is 1. The van der Waals surface area contributed by atoms with Crippen molar-refractivity contribution in [2.24, 2.45) is 5.73 Å². The quantitative estimate of drug-likeness (QED) is 0.437. The Morgan fingerprint density at radius 3 is 2.26 bits per heavy atom. The van der Waals surface area contributed by atoms with Crippen LogP contribution in [-0.2, 0) is 25.6 Å². The summed E-state index contributed by atoms with van der Waals surface area (Å²) in [6.07, 6.45) is 0.324. The Morgan fingerprint density at radius 1 is 1.06 bits per heavy atom. The van der Waals surface area contributed by atoms with Crippen LogP contribution in [0.5, 0.6) is 0 Å². The number of hydrogen-bond acceptors (Lipinski definition) is 5. The molecular weight excluding hydrogens is 448 g/mol. The van der Waals surface area contributed by atoms with Crippen molar-refractivity contribution >= 4 is 23.6 Å². The number of aliphatic hydroxyl groups is 1. The first-order chi connectivity index (χ1) is 16.7. The minimum atomic E-state index is -1.02. The number of nitrogens with two attached hydrogens (primary N) is 1.